The van der Waals surface area contributed by atoms with Gasteiger partial charge in [-0.15, -0.1) is 0 Å². The molecule has 0 aliphatic carbocycles. The minimum Gasteiger partial charge on any atom is -0.493 e. The molecule has 2 aromatic carbocycles. The summed E-state index contributed by atoms with van der Waals surface area (Å²) >= 11 is 0. The molecule has 2 amide bonds. The van der Waals surface area contributed by atoms with Crippen LogP contribution in [0.1, 0.15) is 55.5 Å². The third kappa shape index (κ3) is 4.28. The zero-order valence-corrected chi connectivity index (χ0v) is 22.0. The number of carbonyl (C=O) groups is 2. The standard InChI is InChI=1S/C29H35N3O5/c1-5-6-7-10-13-31-17-25(33)32-22(29(31)34)16-20-19-11-8-9-12-21(19)30-26(20)27(32)18-14-23(35-2)28(37-4)24(15-18)36-3/h8-9,11-12,14-15,22,27,30H,5-7,10,13,16-17H2,1-4H3. The van der Waals surface area contributed by atoms with Gasteiger partial charge in [-0.2, -0.15) is 0 Å². The summed E-state index contributed by atoms with van der Waals surface area (Å²) in [5.74, 6) is 1.46. The highest BCUT2D eigenvalue weighted by Crippen LogP contribution is 2.47. The van der Waals surface area contributed by atoms with Gasteiger partial charge >= 0.3 is 0 Å². The largest absolute Gasteiger partial charge is 0.493 e. The van der Waals surface area contributed by atoms with Crippen molar-refractivity contribution in [3.8, 4) is 17.2 Å². The number of amides is 2. The fourth-order valence-corrected chi connectivity index (χ4v) is 5.85. The molecule has 1 saturated heterocycles. The lowest BCUT2D eigenvalue weighted by Gasteiger charge is -2.47. The van der Waals surface area contributed by atoms with E-state index in [9.17, 15) is 9.59 Å². The van der Waals surface area contributed by atoms with Crippen molar-refractivity contribution in [2.24, 2.45) is 0 Å². The fraction of sp³-hybridized carbons (Fsp3) is 0.448. The van der Waals surface area contributed by atoms with Crippen molar-refractivity contribution >= 4 is 22.7 Å². The third-order valence-electron chi connectivity index (χ3n) is 7.63. The molecule has 2 aliphatic heterocycles. The molecule has 1 fully saturated rings. The van der Waals surface area contributed by atoms with Gasteiger partial charge in [-0.05, 0) is 35.7 Å². The molecule has 1 N–H and O–H groups in total. The lowest BCUT2D eigenvalue weighted by Crippen LogP contribution is -2.63. The van der Waals surface area contributed by atoms with E-state index in [4.69, 9.17) is 14.2 Å². The highest BCUT2D eigenvalue weighted by molar-refractivity contribution is 5.97. The number of aromatic amines is 1. The van der Waals surface area contributed by atoms with E-state index in [1.807, 2.05) is 30.3 Å². The Morgan fingerprint density at radius 2 is 1.70 bits per heavy atom. The molecule has 8 heteroatoms. The van der Waals surface area contributed by atoms with Crippen LogP contribution in [0.4, 0.5) is 0 Å². The number of hydrogen-bond donors (Lipinski definition) is 1. The van der Waals surface area contributed by atoms with Crippen molar-refractivity contribution in [3.05, 3.63) is 53.2 Å². The van der Waals surface area contributed by atoms with E-state index in [0.717, 1.165) is 53.4 Å². The van der Waals surface area contributed by atoms with Crippen LogP contribution in [-0.2, 0) is 16.0 Å². The summed E-state index contributed by atoms with van der Waals surface area (Å²) in [6.07, 6.45) is 4.71. The third-order valence-corrected chi connectivity index (χ3v) is 7.63. The van der Waals surface area contributed by atoms with Crippen LogP contribution in [0.2, 0.25) is 0 Å². The van der Waals surface area contributed by atoms with Gasteiger partial charge in [-0.25, -0.2) is 0 Å². The fourth-order valence-electron chi connectivity index (χ4n) is 5.85. The smallest absolute Gasteiger partial charge is 0.246 e. The van der Waals surface area contributed by atoms with E-state index in [0.29, 0.717) is 30.2 Å². The van der Waals surface area contributed by atoms with Crippen LogP contribution in [0.25, 0.3) is 10.9 Å². The highest BCUT2D eigenvalue weighted by atomic mass is 16.5. The van der Waals surface area contributed by atoms with Gasteiger partial charge in [0.1, 0.15) is 6.04 Å². The summed E-state index contributed by atoms with van der Waals surface area (Å²) in [6, 6.07) is 10.8. The van der Waals surface area contributed by atoms with E-state index < -0.39 is 12.1 Å². The summed E-state index contributed by atoms with van der Waals surface area (Å²) in [4.78, 5) is 34.6. The second kappa shape index (κ2) is 10.4. The van der Waals surface area contributed by atoms with Crippen LogP contribution < -0.4 is 14.2 Å². The van der Waals surface area contributed by atoms with E-state index in [1.165, 1.54) is 0 Å². The van der Waals surface area contributed by atoms with Crippen LogP contribution >= 0.6 is 0 Å². The Hall–Kier alpha value is -3.68. The summed E-state index contributed by atoms with van der Waals surface area (Å²) < 4.78 is 16.8. The maximum atomic E-state index is 13.8. The van der Waals surface area contributed by atoms with Crippen LogP contribution in [0.15, 0.2) is 36.4 Å². The predicted molar refractivity (Wildman–Crippen MR) is 141 cm³/mol. The van der Waals surface area contributed by atoms with Crippen molar-refractivity contribution in [2.45, 2.75) is 51.1 Å². The monoisotopic (exact) mass is 505 g/mol. The Morgan fingerprint density at radius 1 is 0.973 bits per heavy atom. The molecule has 3 heterocycles. The number of nitrogens with one attached hydrogen (secondary N) is 1. The molecule has 3 aromatic rings. The van der Waals surface area contributed by atoms with Crippen LogP contribution in [0.3, 0.4) is 0 Å². The molecule has 0 bridgehead atoms. The number of aromatic nitrogens is 1. The van der Waals surface area contributed by atoms with E-state index >= 15 is 0 Å². The number of fused-ring (bicyclic) bond motifs is 4. The number of benzene rings is 2. The van der Waals surface area contributed by atoms with Gasteiger partial charge in [0.15, 0.2) is 11.5 Å². The SMILES string of the molecule is CCCCCCN1CC(=O)N2C(Cc3c([nH]c4ccccc34)C2c2cc(OC)c(OC)c(OC)c2)C1=O. The van der Waals surface area contributed by atoms with Crippen molar-refractivity contribution in [3.63, 3.8) is 0 Å². The van der Waals surface area contributed by atoms with Gasteiger partial charge in [-0.1, -0.05) is 44.4 Å². The van der Waals surface area contributed by atoms with Gasteiger partial charge in [0.05, 0.1) is 33.9 Å². The average molecular weight is 506 g/mol. The Morgan fingerprint density at radius 3 is 2.38 bits per heavy atom. The second-order valence-electron chi connectivity index (χ2n) is 9.77. The van der Waals surface area contributed by atoms with Gasteiger partial charge < -0.3 is 29.0 Å². The lowest BCUT2D eigenvalue weighted by atomic mass is 9.86. The number of hydrogen-bond acceptors (Lipinski definition) is 5. The van der Waals surface area contributed by atoms with Crippen molar-refractivity contribution in [1.82, 2.24) is 14.8 Å². The Labute approximate surface area is 217 Å². The van der Waals surface area contributed by atoms with Crippen LogP contribution in [0.5, 0.6) is 17.2 Å². The lowest BCUT2D eigenvalue weighted by molar-refractivity contribution is -0.158. The first-order chi connectivity index (χ1) is 18.0. The first kappa shape index (κ1) is 25.0. The molecule has 0 saturated carbocycles. The number of rotatable bonds is 9. The van der Waals surface area contributed by atoms with Crippen molar-refractivity contribution < 1.29 is 23.8 Å². The zero-order valence-electron chi connectivity index (χ0n) is 22.0. The molecular weight excluding hydrogens is 470 g/mol. The minimum atomic E-state index is -0.566. The summed E-state index contributed by atoms with van der Waals surface area (Å²) in [6.45, 7) is 2.88. The van der Waals surface area contributed by atoms with Gasteiger partial charge in [0.2, 0.25) is 17.6 Å². The van der Waals surface area contributed by atoms with E-state index in [1.54, 1.807) is 31.1 Å². The molecular formula is C29H35N3O5. The average Bonchev–Trinajstić information content (AvgIpc) is 3.30. The number of methoxy groups -OCH3 is 3. The first-order valence-electron chi connectivity index (χ1n) is 13.0. The molecule has 0 radical (unpaired) electrons. The molecule has 1 aromatic heterocycles. The molecule has 37 heavy (non-hydrogen) atoms. The molecule has 0 spiro atoms. The predicted octanol–water partition coefficient (Wildman–Crippen LogP) is 4.46. The van der Waals surface area contributed by atoms with E-state index in [2.05, 4.69) is 18.0 Å². The second-order valence-corrected chi connectivity index (χ2v) is 9.77. The van der Waals surface area contributed by atoms with Crippen molar-refractivity contribution in [1.29, 1.82) is 0 Å². The maximum Gasteiger partial charge on any atom is 0.246 e. The van der Waals surface area contributed by atoms with Crippen molar-refractivity contribution in [2.75, 3.05) is 34.4 Å². The maximum absolute atomic E-state index is 13.8. The van der Waals surface area contributed by atoms with Crippen LogP contribution in [-0.4, -0.2) is 67.1 Å². The zero-order chi connectivity index (χ0) is 26.1. The molecule has 2 unspecified atom stereocenters. The Bertz CT molecular complexity index is 1290. The molecule has 196 valence electrons. The number of ether oxygens (including phenoxy) is 3. The van der Waals surface area contributed by atoms with Crippen LogP contribution in [0, 0.1) is 0 Å². The number of nitrogens with zero attached hydrogens (tertiary/aromatic N) is 2. The summed E-state index contributed by atoms with van der Waals surface area (Å²) in [7, 11) is 4.71. The molecule has 2 aliphatic rings. The molecule has 8 nitrogen and oxygen atoms in total. The summed E-state index contributed by atoms with van der Waals surface area (Å²) in [5.41, 5.74) is 3.78. The molecule has 2 atom stereocenters. The first-order valence-corrected chi connectivity index (χ1v) is 13.0. The Balaban J connectivity index is 1.63. The van der Waals surface area contributed by atoms with Gasteiger partial charge in [-0.3, -0.25) is 9.59 Å². The summed E-state index contributed by atoms with van der Waals surface area (Å²) in [5, 5.41) is 1.08. The quantitative estimate of drug-likeness (QED) is 0.434. The number of H-pyrrole nitrogens is 1. The number of unbranched alkanes of at least 4 members (excludes halogenated alkanes) is 3. The topological polar surface area (TPSA) is 84.1 Å². The van der Waals surface area contributed by atoms with E-state index in [-0.39, 0.29) is 18.4 Å². The minimum absolute atomic E-state index is 0.0180. The normalized spacial score (nSPS) is 19.1. The van der Waals surface area contributed by atoms with Gasteiger partial charge in [0, 0.05) is 29.6 Å². The number of para-hydroxylation sites is 1. The number of piperazine rings is 1. The highest BCUT2D eigenvalue weighted by Gasteiger charge is 2.48. The molecule has 5 rings (SSSR count). The Kier molecular flexibility index (Phi) is 7.00. The van der Waals surface area contributed by atoms with Gasteiger partial charge in [0.25, 0.3) is 0 Å². The number of carbonyl (C=O) groups excluding carboxylic acids is 2.